The second-order valence-corrected chi connectivity index (χ2v) is 4.29. The SMILES string of the molecule is Cc1csc(CCN(C)C(=O)CCl)n1. The van der Waals surface area contributed by atoms with E-state index in [4.69, 9.17) is 11.6 Å². The highest BCUT2D eigenvalue weighted by molar-refractivity contribution is 7.09. The Labute approximate surface area is 92.7 Å². The summed E-state index contributed by atoms with van der Waals surface area (Å²) in [7, 11) is 1.76. The summed E-state index contributed by atoms with van der Waals surface area (Å²) < 4.78 is 0. The van der Waals surface area contributed by atoms with Gasteiger partial charge < -0.3 is 4.90 Å². The average molecular weight is 233 g/mol. The van der Waals surface area contributed by atoms with Crippen LogP contribution in [0.1, 0.15) is 10.7 Å². The quantitative estimate of drug-likeness (QED) is 0.741. The van der Waals surface area contributed by atoms with Gasteiger partial charge in [-0.25, -0.2) is 4.98 Å². The molecule has 0 spiro atoms. The third-order valence-electron chi connectivity index (χ3n) is 1.87. The number of hydrogen-bond acceptors (Lipinski definition) is 3. The van der Waals surface area contributed by atoms with Crippen molar-refractivity contribution >= 4 is 28.8 Å². The first-order valence-electron chi connectivity index (χ1n) is 4.34. The lowest BCUT2D eigenvalue weighted by Crippen LogP contribution is -2.29. The Bertz CT molecular complexity index is 314. The van der Waals surface area contributed by atoms with E-state index in [0.717, 1.165) is 17.1 Å². The second kappa shape index (κ2) is 5.32. The molecule has 0 aromatic carbocycles. The van der Waals surface area contributed by atoms with Gasteiger partial charge in [0.2, 0.25) is 5.91 Å². The Morgan fingerprint density at radius 2 is 2.43 bits per heavy atom. The number of carbonyl (C=O) groups excluding carboxylic acids is 1. The molecule has 1 aromatic heterocycles. The second-order valence-electron chi connectivity index (χ2n) is 3.08. The normalized spacial score (nSPS) is 10.2. The Hall–Kier alpha value is -0.610. The summed E-state index contributed by atoms with van der Waals surface area (Å²) in [4.78, 5) is 17.1. The zero-order valence-electron chi connectivity index (χ0n) is 8.29. The highest BCUT2D eigenvalue weighted by atomic mass is 35.5. The molecule has 0 atom stereocenters. The lowest BCUT2D eigenvalue weighted by molar-refractivity contribution is -0.127. The highest BCUT2D eigenvalue weighted by Crippen LogP contribution is 2.09. The van der Waals surface area contributed by atoms with Gasteiger partial charge in [0.1, 0.15) is 5.88 Å². The third kappa shape index (κ3) is 3.27. The molecule has 1 rings (SSSR count). The van der Waals surface area contributed by atoms with Crippen molar-refractivity contribution in [2.45, 2.75) is 13.3 Å². The van der Waals surface area contributed by atoms with Crippen LogP contribution in [0.25, 0.3) is 0 Å². The fraction of sp³-hybridized carbons (Fsp3) is 0.556. The van der Waals surface area contributed by atoms with Gasteiger partial charge in [-0.15, -0.1) is 22.9 Å². The van der Waals surface area contributed by atoms with Gasteiger partial charge in [-0.2, -0.15) is 0 Å². The van der Waals surface area contributed by atoms with Gasteiger partial charge in [-0.1, -0.05) is 0 Å². The molecule has 14 heavy (non-hydrogen) atoms. The van der Waals surface area contributed by atoms with Crippen molar-refractivity contribution in [3.63, 3.8) is 0 Å². The van der Waals surface area contributed by atoms with Crippen molar-refractivity contribution in [3.05, 3.63) is 16.1 Å². The van der Waals surface area contributed by atoms with E-state index >= 15 is 0 Å². The molecule has 1 aromatic rings. The van der Waals surface area contributed by atoms with E-state index < -0.39 is 0 Å². The zero-order valence-corrected chi connectivity index (χ0v) is 9.86. The number of aryl methyl sites for hydroxylation is 1. The molecule has 5 heteroatoms. The van der Waals surface area contributed by atoms with Crippen molar-refractivity contribution in [3.8, 4) is 0 Å². The maximum Gasteiger partial charge on any atom is 0.237 e. The average Bonchev–Trinajstić information content (AvgIpc) is 2.59. The first kappa shape index (κ1) is 11.5. The lowest BCUT2D eigenvalue weighted by atomic mass is 10.4. The number of likely N-dealkylation sites (N-methyl/N-ethyl adjacent to an activating group) is 1. The van der Waals surface area contributed by atoms with E-state index in [9.17, 15) is 4.79 Å². The van der Waals surface area contributed by atoms with Crippen LogP contribution in [-0.4, -0.2) is 35.3 Å². The van der Waals surface area contributed by atoms with Crippen molar-refractivity contribution in [2.24, 2.45) is 0 Å². The van der Waals surface area contributed by atoms with Crippen LogP contribution in [0.15, 0.2) is 5.38 Å². The molecule has 1 amide bonds. The summed E-state index contributed by atoms with van der Waals surface area (Å²) in [5, 5.41) is 3.08. The van der Waals surface area contributed by atoms with Crippen LogP contribution in [0.4, 0.5) is 0 Å². The molecule has 0 saturated carbocycles. The number of halogens is 1. The topological polar surface area (TPSA) is 33.2 Å². The van der Waals surface area contributed by atoms with E-state index in [1.165, 1.54) is 0 Å². The first-order chi connectivity index (χ1) is 6.63. The third-order valence-corrected chi connectivity index (χ3v) is 3.12. The number of hydrogen-bond donors (Lipinski definition) is 0. The number of carbonyl (C=O) groups is 1. The number of amides is 1. The lowest BCUT2D eigenvalue weighted by Gasteiger charge is -2.14. The minimum Gasteiger partial charge on any atom is -0.344 e. The maximum atomic E-state index is 11.1. The largest absolute Gasteiger partial charge is 0.344 e. The fourth-order valence-electron chi connectivity index (χ4n) is 1.01. The van der Waals surface area contributed by atoms with Gasteiger partial charge in [0.25, 0.3) is 0 Å². The molecule has 1 heterocycles. The maximum absolute atomic E-state index is 11.1. The highest BCUT2D eigenvalue weighted by Gasteiger charge is 2.07. The van der Waals surface area contributed by atoms with Crippen LogP contribution in [0.3, 0.4) is 0 Å². The monoisotopic (exact) mass is 232 g/mol. The molecule has 0 radical (unpaired) electrons. The standard InChI is InChI=1S/C9H13ClN2OS/c1-7-6-14-8(11-7)3-4-12(2)9(13)5-10/h6H,3-5H2,1-2H3. The Balaban J connectivity index is 2.37. The number of nitrogens with zero attached hydrogens (tertiary/aromatic N) is 2. The van der Waals surface area contributed by atoms with E-state index in [2.05, 4.69) is 4.98 Å². The van der Waals surface area contributed by atoms with Gasteiger partial charge in [0, 0.05) is 31.1 Å². The molecule has 78 valence electrons. The smallest absolute Gasteiger partial charge is 0.237 e. The van der Waals surface area contributed by atoms with Crippen LogP contribution in [0.5, 0.6) is 0 Å². The molecule has 0 saturated heterocycles. The summed E-state index contributed by atoms with van der Waals surface area (Å²) in [6.45, 7) is 2.64. The molecule has 0 aliphatic carbocycles. The minimum atomic E-state index is -0.0417. The van der Waals surface area contributed by atoms with E-state index in [-0.39, 0.29) is 11.8 Å². The molecule has 0 unspecified atom stereocenters. The number of rotatable bonds is 4. The van der Waals surface area contributed by atoms with Crippen molar-refractivity contribution in [1.82, 2.24) is 9.88 Å². The van der Waals surface area contributed by atoms with Crippen LogP contribution in [0, 0.1) is 6.92 Å². The van der Waals surface area contributed by atoms with E-state index in [1.54, 1.807) is 23.3 Å². The summed E-state index contributed by atoms with van der Waals surface area (Å²) in [5.41, 5.74) is 1.04. The van der Waals surface area contributed by atoms with Crippen LogP contribution >= 0.6 is 22.9 Å². The Morgan fingerprint density at radius 1 is 1.71 bits per heavy atom. The molecule has 0 fully saturated rings. The van der Waals surface area contributed by atoms with E-state index in [1.807, 2.05) is 12.3 Å². The molecule has 0 aliphatic rings. The van der Waals surface area contributed by atoms with Crippen LogP contribution in [0.2, 0.25) is 0 Å². The fourth-order valence-corrected chi connectivity index (χ4v) is 1.98. The Kier molecular flexibility index (Phi) is 4.35. The first-order valence-corrected chi connectivity index (χ1v) is 5.76. The van der Waals surface area contributed by atoms with Gasteiger partial charge in [0.05, 0.1) is 5.01 Å². The van der Waals surface area contributed by atoms with Crippen molar-refractivity contribution < 1.29 is 4.79 Å². The van der Waals surface area contributed by atoms with Gasteiger partial charge in [0.15, 0.2) is 0 Å². The number of alkyl halides is 1. The molecule has 3 nitrogen and oxygen atoms in total. The van der Waals surface area contributed by atoms with Crippen LogP contribution in [-0.2, 0) is 11.2 Å². The van der Waals surface area contributed by atoms with Gasteiger partial charge in [-0.05, 0) is 6.92 Å². The molecule has 0 N–H and O–H groups in total. The molecule has 0 bridgehead atoms. The Morgan fingerprint density at radius 3 is 2.93 bits per heavy atom. The van der Waals surface area contributed by atoms with Gasteiger partial charge >= 0.3 is 0 Å². The summed E-state index contributed by atoms with van der Waals surface area (Å²) in [6, 6.07) is 0. The zero-order chi connectivity index (χ0) is 10.6. The predicted molar refractivity (Wildman–Crippen MR) is 58.9 cm³/mol. The molecule has 0 aliphatic heterocycles. The molecular formula is C9H13ClN2OS. The number of thiazole rings is 1. The van der Waals surface area contributed by atoms with Crippen molar-refractivity contribution in [2.75, 3.05) is 19.5 Å². The summed E-state index contributed by atoms with van der Waals surface area (Å²) in [6.07, 6.45) is 0.803. The minimum absolute atomic E-state index is 0.0417. The molecular weight excluding hydrogens is 220 g/mol. The van der Waals surface area contributed by atoms with E-state index in [0.29, 0.717) is 6.54 Å². The van der Waals surface area contributed by atoms with Crippen molar-refractivity contribution in [1.29, 1.82) is 0 Å². The summed E-state index contributed by atoms with van der Waals surface area (Å²) >= 11 is 7.06. The van der Waals surface area contributed by atoms with Crippen LogP contribution < -0.4 is 0 Å². The predicted octanol–water partition coefficient (Wildman–Crippen LogP) is 1.69. The number of aromatic nitrogens is 1. The summed E-state index contributed by atoms with van der Waals surface area (Å²) in [5.74, 6) is 0.00729. The van der Waals surface area contributed by atoms with Gasteiger partial charge in [-0.3, -0.25) is 4.79 Å².